The van der Waals surface area contributed by atoms with Gasteiger partial charge in [0.2, 0.25) is 0 Å². The van der Waals surface area contributed by atoms with E-state index in [4.69, 9.17) is 4.74 Å². The molecular formula is C16H21N5O2. The SMILES string of the molecule is CCOC(=O)N1CCN(Cn2nccc2-c2cccnc2)CC1. The average molecular weight is 315 g/mol. The van der Waals surface area contributed by atoms with E-state index in [-0.39, 0.29) is 6.09 Å². The van der Waals surface area contributed by atoms with E-state index in [9.17, 15) is 4.79 Å². The fourth-order valence-electron chi connectivity index (χ4n) is 2.68. The van der Waals surface area contributed by atoms with Crippen LogP contribution in [0.3, 0.4) is 0 Å². The number of amides is 1. The van der Waals surface area contributed by atoms with Crippen LogP contribution < -0.4 is 0 Å². The Balaban J connectivity index is 1.60. The van der Waals surface area contributed by atoms with Crippen LogP contribution in [-0.2, 0) is 11.4 Å². The molecule has 0 unspecified atom stereocenters. The number of carbonyl (C=O) groups is 1. The molecule has 1 fully saturated rings. The number of carbonyl (C=O) groups excluding carboxylic acids is 1. The summed E-state index contributed by atoms with van der Waals surface area (Å²) in [6, 6.07) is 5.94. The zero-order valence-corrected chi connectivity index (χ0v) is 13.3. The summed E-state index contributed by atoms with van der Waals surface area (Å²) >= 11 is 0. The van der Waals surface area contributed by atoms with Gasteiger partial charge in [-0.1, -0.05) is 0 Å². The van der Waals surface area contributed by atoms with Crippen molar-refractivity contribution in [3.05, 3.63) is 36.8 Å². The third-order valence-electron chi connectivity index (χ3n) is 3.91. The summed E-state index contributed by atoms with van der Waals surface area (Å²) in [5.74, 6) is 0. The Kier molecular flexibility index (Phi) is 4.87. The molecule has 0 atom stereocenters. The summed E-state index contributed by atoms with van der Waals surface area (Å²) in [4.78, 5) is 19.9. The van der Waals surface area contributed by atoms with Crippen molar-refractivity contribution in [2.45, 2.75) is 13.6 Å². The van der Waals surface area contributed by atoms with E-state index in [0.717, 1.165) is 24.3 Å². The third-order valence-corrected chi connectivity index (χ3v) is 3.91. The van der Waals surface area contributed by atoms with E-state index in [2.05, 4.69) is 15.0 Å². The number of rotatable bonds is 4. The molecule has 0 aromatic carbocycles. The highest BCUT2D eigenvalue weighted by Gasteiger charge is 2.22. The van der Waals surface area contributed by atoms with Crippen molar-refractivity contribution in [1.82, 2.24) is 24.6 Å². The van der Waals surface area contributed by atoms with Crippen LogP contribution >= 0.6 is 0 Å². The second-order valence-electron chi connectivity index (χ2n) is 5.40. The van der Waals surface area contributed by atoms with Gasteiger partial charge in [0.15, 0.2) is 0 Å². The van der Waals surface area contributed by atoms with Crippen molar-refractivity contribution in [1.29, 1.82) is 0 Å². The lowest BCUT2D eigenvalue weighted by atomic mass is 10.2. The molecule has 0 saturated carbocycles. The van der Waals surface area contributed by atoms with Crippen LogP contribution in [0.5, 0.6) is 0 Å². The van der Waals surface area contributed by atoms with E-state index >= 15 is 0 Å². The first kappa shape index (κ1) is 15.5. The van der Waals surface area contributed by atoms with Crippen LogP contribution in [0.1, 0.15) is 6.92 Å². The van der Waals surface area contributed by atoms with Gasteiger partial charge in [-0.15, -0.1) is 0 Å². The van der Waals surface area contributed by atoms with Gasteiger partial charge in [-0.05, 0) is 25.1 Å². The molecule has 2 aromatic rings. The summed E-state index contributed by atoms with van der Waals surface area (Å²) in [6.45, 7) is 5.93. The quantitative estimate of drug-likeness (QED) is 0.859. The van der Waals surface area contributed by atoms with Crippen molar-refractivity contribution in [2.24, 2.45) is 0 Å². The van der Waals surface area contributed by atoms with Gasteiger partial charge >= 0.3 is 6.09 Å². The highest BCUT2D eigenvalue weighted by molar-refractivity contribution is 5.67. The topological polar surface area (TPSA) is 63.5 Å². The minimum atomic E-state index is -0.220. The van der Waals surface area contributed by atoms with Crippen LogP contribution in [0.2, 0.25) is 0 Å². The molecule has 23 heavy (non-hydrogen) atoms. The molecule has 0 bridgehead atoms. The lowest BCUT2D eigenvalue weighted by molar-refractivity contribution is 0.0696. The second kappa shape index (κ2) is 7.23. The first-order valence-electron chi connectivity index (χ1n) is 7.84. The maximum Gasteiger partial charge on any atom is 0.409 e. The molecule has 7 heteroatoms. The maximum atomic E-state index is 11.7. The number of hydrogen-bond donors (Lipinski definition) is 0. The molecule has 1 saturated heterocycles. The molecule has 3 heterocycles. The Morgan fingerprint density at radius 2 is 2.04 bits per heavy atom. The highest BCUT2D eigenvalue weighted by atomic mass is 16.6. The smallest absolute Gasteiger partial charge is 0.409 e. The zero-order valence-electron chi connectivity index (χ0n) is 13.3. The maximum absolute atomic E-state index is 11.7. The van der Waals surface area contributed by atoms with Crippen LogP contribution in [0.15, 0.2) is 36.8 Å². The number of hydrogen-bond acceptors (Lipinski definition) is 5. The Labute approximate surface area is 135 Å². The van der Waals surface area contributed by atoms with Crippen LogP contribution in [0.25, 0.3) is 11.3 Å². The normalized spacial score (nSPS) is 15.6. The lowest BCUT2D eigenvalue weighted by Gasteiger charge is -2.34. The predicted octanol–water partition coefficient (Wildman–Crippen LogP) is 1.68. The van der Waals surface area contributed by atoms with Crippen molar-refractivity contribution < 1.29 is 9.53 Å². The number of pyridine rings is 1. The molecule has 3 rings (SSSR count). The molecule has 7 nitrogen and oxygen atoms in total. The minimum Gasteiger partial charge on any atom is -0.450 e. The number of ether oxygens (including phenoxy) is 1. The standard InChI is InChI=1S/C16H21N5O2/c1-2-23-16(22)20-10-8-19(9-11-20)13-21-15(5-7-18-21)14-4-3-6-17-12-14/h3-7,12H,2,8-11,13H2,1H3. The number of nitrogens with zero attached hydrogens (tertiary/aromatic N) is 5. The number of aromatic nitrogens is 3. The first-order chi connectivity index (χ1) is 11.3. The average Bonchev–Trinajstić information content (AvgIpc) is 3.05. The number of piperazine rings is 1. The molecule has 2 aromatic heterocycles. The molecule has 1 amide bonds. The van der Waals surface area contributed by atoms with Gasteiger partial charge in [-0.25, -0.2) is 4.79 Å². The third kappa shape index (κ3) is 3.68. The second-order valence-corrected chi connectivity index (χ2v) is 5.40. The van der Waals surface area contributed by atoms with Crippen LogP contribution in [-0.4, -0.2) is 63.4 Å². The van der Waals surface area contributed by atoms with Gasteiger partial charge in [0, 0.05) is 50.3 Å². The fraction of sp³-hybridized carbons (Fsp3) is 0.438. The zero-order chi connectivity index (χ0) is 16.1. The predicted molar refractivity (Wildman–Crippen MR) is 85.6 cm³/mol. The molecule has 0 radical (unpaired) electrons. The Hall–Kier alpha value is -2.41. The molecule has 0 aliphatic carbocycles. The summed E-state index contributed by atoms with van der Waals surface area (Å²) < 4.78 is 7.01. The van der Waals surface area contributed by atoms with Crippen LogP contribution in [0.4, 0.5) is 4.79 Å². The van der Waals surface area contributed by atoms with E-state index in [1.165, 1.54) is 0 Å². The summed E-state index contributed by atoms with van der Waals surface area (Å²) in [6.07, 6.45) is 5.18. The van der Waals surface area contributed by atoms with Gasteiger partial charge in [-0.3, -0.25) is 14.6 Å². The molecule has 122 valence electrons. The Morgan fingerprint density at radius 3 is 2.74 bits per heavy atom. The van der Waals surface area contributed by atoms with Gasteiger partial charge in [0.1, 0.15) is 0 Å². The molecule has 1 aliphatic heterocycles. The van der Waals surface area contributed by atoms with Crippen LogP contribution in [0, 0.1) is 0 Å². The molecule has 1 aliphatic rings. The molecule has 0 spiro atoms. The highest BCUT2D eigenvalue weighted by Crippen LogP contribution is 2.18. The van der Waals surface area contributed by atoms with Crippen molar-refractivity contribution >= 4 is 6.09 Å². The van der Waals surface area contributed by atoms with Gasteiger partial charge in [-0.2, -0.15) is 5.10 Å². The van der Waals surface area contributed by atoms with Gasteiger partial charge in [0.05, 0.1) is 19.0 Å². The summed E-state index contributed by atoms with van der Waals surface area (Å²) in [7, 11) is 0. The van der Waals surface area contributed by atoms with E-state index in [0.29, 0.717) is 26.4 Å². The first-order valence-corrected chi connectivity index (χ1v) is 7.84. The van der Waals surface area contributed by atoms with E-state index < -0.39 is 0 Å². The van der Waals surface area contributed by atoms with Gasteiger partial charge in [0.25, 0.3) is 0 Å². The monoisotopic (exact) mass is 315 g/mol. The van der Waals surface area contributed by atoms with E-state index in [1.807, 2.05) is 36.0 Å². The van der Waals surface area contributed by atoms with Crippen molar-refractivity contribution in [2.75, 3.05) is 32.8 Å². The Bertz CT molecular complexity index is 635. The van der Waals surface area contributed by atoms with Gasteiger partial charge < -0.3 is 9.64 Å². The van der Waals surface area contributed by atoms with Crippen molar-refractivity contribution in [3.8, 4) is 11.3 Å². The largest absolute Gasteiger partial charge is 0.450 e. The fourth-order valence-corrected chi connectivity index (χ4v) is 2.68. The molecule has 0 N–H and O–H groups in total. The lowest BCUT2D eigenvalue weighted by Crippen LogP contribution is -2.49. The van der Waals surface area contributed by atoms with E-state index in [1.54, 1.807) is 17.3 Å². The Morgan fingerprint density at radius 1 is 1.22 bits per heavy atom. The summed E-state index contributed by atoms with van der Waals surface area (Å²) in [5.41, 5.74) is 2.10. The minimum absolute atomic E-state index is 0.220. The van der Waals surface area contributed by atoms with Crippen molar-refractivity contribution in [3.63, 3.8) is 0 Å². The summed E-state index contributed by atoms with van der Waals surface area (Å²) in [5, 5.41) is 4.41. The molecular weight excluding hydrogens is 294 g/mol.